The van der Waals surface area contributed by atoms with Crippen LogP contribution in [0.3, 0.4) is 0 Å². The van der Waals surface area contributed by atoms with Gasteiger partial charge in [-0.2, -0.15) is 0 Å². The Morgan fingerprint density at radius 3 is 3.05 bits per heavy atom. The fourth-order valence-electron chi connectivity index (χ4n) is 2.22. The van der Waals surface area contributed by atoms with Crippen molar-refractivity contribution in [1.82, 2.24) is 10.2 Å². The molecule has 0 aromatic carbocycles. The number of carbonyl (C=O) groups excluding carboxylic acids is 1. The van der Waals surface area contributed by atoms with E-state index >= 15 is 0 Å². The van der Waals surface area contributed by atoms with Gasteiger partial charge in [0.2, 0.25) is 0 Å². The highest BCUT2D eigenvalue weighted by molar-refractivity contribution is 8.00. The van der Waals surface area contributed by atoms with Crippen molar-refractivity contribution < 1.29 is 23.9 Å². The lowest BCUT2D eigenvalue weighted by Gasteiger charge is -2.35. The summed E-state index contributed by atoms with van der Waals surface area (Å²) < 4.78 is 14.9. The number of amidine groups is 1. The Morgan fingerprint density at radius 2 is 2.40 bits per heavy atom. The third-order valence-corrected chi connectivity index (χ3v) is 5.28. The summed E-state index contributed by atoms with van der Waals surface area (Å²) in [5.74, 6) is 0.106. The van der Waals surface area contributed by atoms with E-state index in [1.807, 2.05) is 6.92 Å². The molecule has 0 radical (unpaired) electrons. The molecule has 112 valence electrons. The molecule has 8 nitrogen and oxygen atoms in total. The summed E-state index contributed by atoms with van der Waals surface area (Å²) in [5, 5.41) is 19.4. The van der Waals surface area contributed by atoms with E-state index in [0.717, 1.165) is 0 Å². The van der Waals surface area contributed by atoms with Gasteiger partial charge in [-0.3, -0.25) is 10.7 Å². The maximum absolute atomic E-state index is 11.9. The van der Waals surface area contributed by atoms with Gasteiger partial charge in [0.15, 0.2) is 0 Å². The number of hydrogen-bond acceptors (Lipinski definition) is 7. The monoisotopic (exact) mass is 321 g/mol. The Bertz CT molecular complexity index is 437. The van der Waals surface area contributed by atoms with Gasteiger partial charge in [0.25, 0.3) is 0 Å². The summed E-state index contributed by atoms with van der Waals surface area (Å²) in [4.78, 5) is 23.8. The van der Waals surface area contributed by atoms with E-state index in [4.69, 9.17) is 5.41 Å². The standard InChI is InChI=1S/C10H16N3O5PS/c1-5-3-13(10(15)12-9(5)11)8-2-6(14)7(20-8)4-18-19(16)17/h5-8,14H,2-4H2,1H3,(H2,11,12,15)/t5-,6+,7-,8-/m1/s1. The molecular formula is C10H16N3O5PS. The topological polar surface area (TPSA) is 126 Å². The summed E-state index contributed by atoms with van der Waals surface area (Å²) in [5.41, 5.74) is 0. The molecule has 0 aromatic heterocycles. The van der Waals surface area contributed by atoms with Crippen LogP contribution in [0.4, 0.5) is 4.79 Å². The van der Waals surface area contributed by atoms with Gasteiger partial charge in [0.05, 0.1) is 16.7 Å². The van der Waals surface area contributed by atoms with Crippen LogP contribution in [0, 0.1) is 11.3 Å². The van der Waals surface area contributed by atoms with Crippen molar-refractivity contribution in [2.75, 3.05) is 13.2 Å². The number of carbonyl (C=O) groups is 1. The van der Waals surface area contributed by atoms with Crippen molar-refractivity contribution in [2.45, 2.75) is 30.1 Å². The van der Waals surface area contributed by atoms with Gasteiger partial charge < -0.3 is 14.9 Å². The Morgan fingerprint density at radius 1 is 1.70 bits per heavy atom. The van der Waals surface area contributed by atoms with Crippen LogP contribution in [0.25, 0.3) is 0 Å². The maximum Gasteiger partial charge on any atom is 0.488 e. The van der Waals surface area contributed by atoms with Crippen molar-refractivity contribution in [1.29, 1.82) is 5.41 Å². The Hall–Kier alpha value is -0.730. The van der Waals surface area contributed by atoms with Crippen LogP contribution in [0.5, 0.6) is 0 Å². The molecule has 0 bridgehead atoms. The van der Waals surface area contributed by atoms with Gasteiger partial charge in [-0.05, 0) is 4.57 Å². The minimum absolute atomic E-state index is 0.0862. The quantitative estimate of drug-likeness (QED) is 0.618. The molecular weight excluding hydrogens is 305 g/mol. The van der Waals surface area contributed by atoms with Crippen LogP contribution in [0.1, 0.15) is 13.3 Å². The molecule has 2 aliphatic heterocycles. The lowest BCUT2D eigenvalue weighted by Crippen LogP contribution is -2.55. The Balaban J connectivity index is 1.95. The molecule has 5 atom stereocenters. The molecule has 2 saturated heterocycles. The summed E-state index contributed by atoms with van der Waals surface area (Å²) in [6.07, 6.45) is -0.355. The van der Waals surface area contributed by atoms with Crippen LogP contribution in [-0.2, 0) is 9.09 Å². The number of aliphatic hydroxyl groups is 1. The average molecular weight is 321 g/mol. The van der Waals surface area contributed by atoms with E-state index in [-0.39, 0.29) is 35.0 Å². The van der Waals surface area contributed by atoms with Crippen molar-refractivity contribution in [3.63, 3.8) is 0 Å². The van der Waals surface area contributed by atoms with Gasteiger partial charge in [-0.25, -0.2) is 4.79 Å². The Labute approximate surface area is 121 Å². The van der Waals surface area contributed by atoms with E-state index < -0.39 is 14.4 Å². The third kappa shape index (κ3) is 3.48. The predicted octanol–water partition coefficient (Wildman–Crippen LogP) is -0.148. The third-order valence-electron chi connectivity index (χ3n) is 3.36. The molecule has 2 aliphatic rings. The first-order valence-electron chi connectivity index (χ1n) is 6.15. The lowest BCUT2D eigenvalue weighted by molar-refractivity contribution is -0.185. The van der Waals surface area contributed by atoms with Gasteiger partial charge in [-0.15, -0.1) is 16.3 Å². The lowest BCUT2D eigenvalue weighted by atomic mass is 10.1. The molecule has 0 aromatic rings. The molecule has 0 saturated carbocycles. The largest absolute Gasteiger partial charge is 0.566 e. The first-order valence-corrected chi connectivity index (χ1v) is 8.19. The van der Waals surface area contributed by atoms with Crippen molar-refractivity contribution >= 4 is 31.9 Å². The zero-order valence-electron chi connectivity index (χ0n) is 10.8. The van der Waals surface area contributed by atoms with Crippen molar-refractivity contribution in [2.24, 2.45) is 5.92 Å². The number of rotatable bonds is 4. The summed E-state index contributed by atoms with van der Waals surface area (Å²) in [7, 11) is -2.93. The number of thioether (sulfide) groups is 1. The molecule has 2 amide bonds. The molecule has 1 unspecified atom stereocenters. The van der Waals surface area contributed by atoms with Crippen molar-refractivity contribution in [3.05, 3.63) is 0 Å². The molecule has 10 heteroatoms. The van der Waals surface area contributed by atoms with Crippen LogP contribution >= 0.6 is 20.0 Å². The average Bonchev–Trinajstić information content (AvgIpc) is 2.72. The molecule has 0 spiro atoms. The number of amides is 2. The SMILES string of the molecule is C[C@@H]1CN([C@H]2C[C@H](O)[C@@H](CO[P+](=O)[O-])S2)C(=O)NC1=N. The molecule has 3 N–H and O–H groups in total. The van der Waals surface area contributed by atoms with E-state index in [2.05, 4.69) is 9.84 Å². The van der Waals surface area contributed by atoms with Crippen LogP contribution in [0.2, 0.25) is 0 Å². The number of urea groups is 1. The minimum atomic E-state index is -2.93. The van der Waals surface area contributed by atoms with Crippen LogP contribution in [0.15, 0.2) is 0 Å². The molecule has 2 rings (SSSR count). The van der Waals surface area contributed by atoms with E-state index in [1.54, 1.807) is 4.90 Å². The van der Waals surface area contributed by atoms with E-state index in [1.165, 1.54) is 11.8 Å². The zero-order chi connectivity index (χ0) is 14.9. The van der Waals surface area contributed by atoms with Gasteiger partial charge in [0.1, 0.15) is 12.4 Å². The molecule has 2 heterocycles. The first-order chi connectivity index (χ1) is 9.38. The molecule has 20 heavy (non-hydrogen) atoms. The number of hydrogen-bond donors (Lipinski definition) is 3. The fourth-order valence-corrected chi connectivity index (χ4v) is 4.08. The van der Waals surface area contributed by atoms with Crippen LogP contribution in [-0.4, -0.2) is 51.8 Å². The minimum Gasteiger partial charge on any atom is -0.566 e. The number of nitrogens with zero attached hydrogens (tertiary/aromatic N) is 1. The first kappa shape index (κ1) is 15.7. The second-order valence-corrected chi connectivity index (χ2v) is 6.98. The van der Waals surface area contributed by atoms with Gasteiger partial charge >= 0.3 is 14.3 Å². The number of nitrogens with one attached hydrogen (secondary N) is 2. The van der Waals surface area contributed by atoms with Crippen molar-refractivity contribution in [3.8, 4) is 0 Å². The van der Waals surface area contributed by atoms with Gasteiger partial charge in [0, 0.05) is 18.9 Å². The molecule has 0 aliphatic carbocycles. The summed E-state index contributed by atoms with van der Waals surface area (Å²) in [6.45, 7) is 2.16. The van der Waals surface area contributed by atoms with E-state index in [0.29, 0.717) is 13.0 Å². The normalized spacial score (nSPS) is 35.1. The highest BCUT2D eigenvalue weighted by Gasteiger charge is 2.41. The summed E-state index contributed by atoms with van der Waals surface area (Å²) in [6, 6.07) is -0.353. The second-order valence-electron chi connectivity index (χ2n) is 4.85. The highest BCUT2D eigenvalue weighted by Crippen LogP contribution is 2.38. The van der Waals surface area contributed by atoms with Gasteiger partial charge in [-0.1, -0.05) is 6.92 Å². The summed E-state index contributed by atoms with van der Waals surface area (Å²) >= 11 is 1.33. The highest BCUT2D eigenvalue weighted by atomic mass is 32.2. The Kier molecular flexibility index (Phi) is 4.98. The van der Waals surface area contributed by atoms with E-state index in [9.17, 15) is 19.4 Å². The maximum atomic E-state index is 11.9. The zero-order valence-corrected chi connectivity index (χ0v) is 12.5. The molecule has 2 fully saturated rings. The van der Waals surface area contributed by atoms with Crippen LogP contribution < -0.4 is 10.2 Å². The second kappa shape index (κ2) is 6.36. The fraction of sp³-hybridized carbons (Fsp3) is 0.800. The predicted molar refractivity (Wildman–Crippen MR) is 71.5 cm³/mol. The smallest absolute Gasteiger partial charge is 0.488 e. The number of aliphatic hydroxyl groups excluding tert-OH is 1.